The summed E-state index contributed by atoms with van der Waals surface area (Å²) < 4.78 is 0. The lowest BCUT2D eigenvalue weighted by atomic mass is 10.0. The van der Waals surface area contributed by atoms with Crippen LogP contribution in [-0.4, -0.2) is 37.6 Å². The van der Waals surface area contributed by atoms with Crippen molar-refractivity contribution < 1.29 is 0 Å². The number of halogens is 2. The molecule has 4 heteroatoms. The number of benzene rings is 1. The van der Waals surface area contributed by atoms with Crippen LogP contribution in [0.15, 0.2) is 30.3 Å². The quantitative estimate of drug-likeness (QED) is 0.739. The van der Waals surface area contributed by atoms with E-state index in [0.29, 0.717) is 5.92 Å². The summed E-state index contributed by atoms with van der Waals surface area (Å²) in [4.78, 5) is 2.44. The van der Waals surface area contributed by atoms with Gasteiger partial charge in [0.1, 0.15) is 0 Å². The molecule has 0 saturated heterocycles. The summed E-state index contributed by atoms with van der Waals surface area (Å²) in [5.41, 5.74) is 1.42. The second-order valence-corrected chi connectivity index (χ2v) is 4.54. The highest BCUT2D eigenvalue weighted by Gasteiger charge is 2.04. The molecule has 1 atom stereocenters. The van der Waals surface area contributed by atoms with Gasteiger partial charge in [-0.3, -0.25) is 0 Å². The molecule has 1 aromatic carbocycles. The Morgan fingerprint density at radius 2 is 1.63 bits per heavy atom. The average molecular weight is 307 g/mol. The zero-order chi connectivity index (χ0) is 12.5. The predicted molar refractivity (Wildman–Crippen MR) is 90.0 cm³/mol. The van der Waals surface area contributed by atoms with Crippen LogP contribution in [0.3, 0.4) is 0 Å². The van der Waals surface area contributed by atoms with E-state index in [0.717, 1.165) is 32.7 Å². The molecule has 0 bridgehead atoms. The maximum Gasteiger partial charge on any atom is 0.0107 e. The molecule has 1 rings (SSSR count). The lowest BCUT2D eigenvalue weighted by Gasteiger charge is -2.19. The first kappa shape index (κ1) is 21.0. The molecule has 19 heavy (non-hydrogen) atoms. The van der Waals surface area contributed by atoms with E-state index in [4.69, 9.17) is 0 Å². The van der Waals surface area contributed by atoms with E-state index in [9.17, 15) is 0 Å². The molecule has 1 unspecified atom stereocenters. The number of rotatable bonds is 8. The average Bonchev–Trinajstić information content (AvgIpc) is 2.40. The van der Waals surface area contributed by atoms with Gasteiger partial charge in [0.2, 0.25) is 0 Å². The van der Waals surface area contributed by atoms with Crippen LogP contribution in [0.2, 0.25) is 0 Å². The minimum atomic E-state index is 0. The van der Waals surface area contributed by atoms with Gasteiger partial charge >= 0.3 is 0 Å². The number of nitrogens with one attached hydrogen (secondary N) is 1. The molecule has 0 aliphatic carbocycles. The van der Waals surface area contributed by atoms with Gasteiger partial charge in [0.25, 0.3) is 0 Å². The first-order chi connectivity index (χ1) is 8.27. The van der Waals surface area contributed by atoms with Gasteiger partial charge in [0.05, 0.1) is 0 Å². The summed E-state index contributed by atoms with van der Waals surface area (Å²) in [6, 6.07) is 10.7. The summed E-state index contributed by atoms with van der Waals surface area (Å²) in [5.74, 6) is 0.591. The highest BCUT2D eigenvalue weighted by Crippen LogP contribution is 2.12. The molecular formula is C15H28Cl2N2. The molecule has 0 fully saturated rings. The van der Waals surface area contributed by atoms with Crippen molar-refractivity contribution in [3.63, 3.8) is 0 Å². The van der Waals surface area contributed by atoms with Crippen LogP contribution in [0.25, 0.3) is 0 Å². The van der Waals surface area contributed by atoms with Crippen LogP contribution in [0.4, 0.5) is 0 Å². The SMILES string of the molecule is CCN(CC)CCNCC(C)c1ccccc1.Cl.Cl. The standard InChI is InChI=1S/C15H26N2.2ClH/c1-4-17(5-2)12-11-16-13-14(3)15-9-7-6-8-10-15;;/h6-10,14,16H,4-5,11-13H2,1-3H3;2*1H. The van der Waals surface area contributed by atoms with E-state index in [1.807, 2.05) is 0 Å². The second kappa shape index (κ2) is 12.7. The number of hydrogen-bond donors (Lipinski definition) is 1. The fourth-order valence-electron chi connectivity index (χ4n) is 1.99. The van der Waals surface area contributed by atoms with E-state index in [1.54, 1.807) is 0 Å². The van der Waals surface area contributed by atoms with Gasteiger partial charge in [0.15, 0.2) is 0 Å². The van der Waals surface area contributed by atoms with Crippen molar-refractivity contribution in [3.8, 4) is 0 Å². The third-order valence-corrected chi connectivity index (χ3v) is 3.32. The molecule has 0 heterocycles. The monoisotopic (exact) mass is 306 g/mol. The van der Waals surface area contributed by atoms with E-state index in [2.05, 4.69) is 61.3 Å². The van der Waals surface area contributed by atoms with Gasteiger partial charge in [0, 0.05) is 19.6 Å². The molecule has 0 spiro atoms. The van der Waals surface area contributed by atoms with Crippen molar-refractivity contribution in [2.45, 2.75) is 26.7 Å². The van der Waals surface area contributed by atoms with Gasteiger partial charge in [-0.15, -0.1) is 24.8 Å². The topological polar surface area (TPSA) is 15.3 Å². The maximum atomic E-state index is 3.54. The lowest BCUT2D eigenvalue weighted by Crippen LogP contribution is -2.33. The van der Waals surface area contributed by atoms with Crippen LogP contribution in [0, 0.1) is 0 Å². The van der Waals surface area contributed by atoms with Crippen LogP contribution in [-0.2, 0) is 0 Å². The fraction of sp³-hybridized carbons (Fsp3) is 0.600. The first-order valence-corrected chi connectivity index (χ1v) is 6.75. The van der Waals surface area contributed by atoms with E-state index < -0.39 is 0 Å². The Morgan fingerprint density at radius 3 is 2.16 bits per heavy atom. The Bertz CT molecular complexity index is 289. The van der Waals surface area contributed by atoms with Gasteiger partial charge < -0.3 is 10.2 Å². The lowest BCUT2D eigenvalue weighted by molar-refractivity contribution is 0.302. The molecule has 0 radical (unpaired) electrons. The third-order valence-electron chi connectivity index (χ3n) is 3.32. The molecule has 112 valence electrons. The zero-order valence-electron chi connectivity index (χ0n) is 12.3. The molecule has 0 aliphatic heterocycles. The summed E-state index contributed by atoms with van der Waals surface area (Å²) in [5, 5.41) is 3.54. The maximum absolute atomic E-state index is 3.54. The highest BCUT2D eigenvalue weighted by atomic mass is 35.5. The number of likely N-dealkylation sites (N-methyl/N-ethyl adjacent to an activating group) is 1. The predicted octanol–water partition coefficient (Wildman–Crippen LogP) is 3.57. The summed E-state index contributed by atoms with van der Waals surface area (Å²) in [7, 11) is 0. The molecule has 0 amide bonds. The molecule has 2 nitrogen and oxygen atoms in total. The van der Waals surface area contributed by atoms with Crippen molar-refractivity contribution in [2.75, 3.05) is 32.7 Å². The van der Waals surface area contributed by atoms with Crippen molar-refractivity contribution in [1.29, 1.82) is 0 Å². The van der Waals surface area contributed by atoms with E-state index in [-0.39, 0.29) is 24.8 Å². The number of nitrogens with zero attached hydrogens (tertiary/aromatic N) is 1. The molecule has 0 aromatic heterocycles. The normalized spacial score (nSPS) is 11.6. The van der Waals surface area contributed by atoms with E-state index in [1.165, 1.54) is 5.56 Å². The van der Waals surface area contributed by atoms with Crippen molar-refractivity contribution in [3.05, 3.63) is 35.9 Å². The minimum absolute atomic E-state index is 0. The largest absolute Gasteiger partial charge is 0.315 e. The number of hydrogen-bond acceptors (Lipinski definition) is 2. The summed E-state index contributed by atoms with van der Waals surface area (Å²) in [6.07, 6.45) is 0. The summed E-state index contributed by atoms with van der Waals surface area (Å²) >= 11 is 0. The Balaban J connectivity index is 0. The molecule has 1 aromatic rings. The van der Waals surface area contributed by atoms with Crippen LogP contribution < -0.4 is 5.32 Å². The summed E-state index contributed by atoms with van der Waals surface area (Å²) in [6.45, 7) is 12.3. The molecular weight excluding hydrogens is 279 g/mol. The van der Waals surface area contributed by atoms with Gasteiger partial charge in [-0.2, -0.15) is 0 Å². The minimum Gasteiger partial charge on any atom is -0.315 e. The van der Waals surface area contributed by atoms with Crippen molar-refractivity contribution >= 4 is 24.8 Å². The Hall–Kier alpha value is -0.280. The second-order valence-electron chi connectivity index (χ2n) is 4.54. The van der Waals surface area contributed by atoms with Gasteiger partial charge in [-0.1, -0.05) is 51.1 Å². The van der Waals surface area contributed by atoms with E-state index >= 15 is 0 Å². The zero-order valence-corrected chi connectivity index (χ0v) is 13.9. The van der Waals surface area contributed by atoms with Crippen molar-refractivity contribution in [1.82, 2.24) is 10.2 Å². The first-order valence-electron chi connectivity index (χ1n) is 6.75. The molecule has 1 N–H and O–H groups in total. The van der Waals surface area contributed by atoms with Crippen LogP contribution in [0.1, 0.15) is 32.3 Å². The van der Waals surface area contributed by atoms with Crippen molar-refractivity contribution in [2.24, 2.45) is 0 Å². The molecule has 0 saturated carbocycles. The van der Waals surface area contributed by atoms with Gasteiger partial charge in [-0.25, -0.2) is 0 Å². The fourth-order valence-corrected chi connectivity index (χ4v) is 1.99. The third kappa shape index (κ3) is 8.48. The Morgan fingerprint density at radius 1 is 1.05 bits per heavy atom. The molecule has 0 aliphatic rings. The smallest absolute Gasteiger partial charge is 0.0107 e. The van der Waals surface area contributed by atoms with Crippen LogP contribution in [0.5, 0.6) is 0 Å². The Kier molecular flexibility index (Phi) is 14.1. The van der Waals surface area contributed by atoms with Gasteiger partial charge in [-0.05, 0) is 24.6 Å². The highest BCUT2D eigenvalue weighted by molar-refractivity contribution is 5.85. The Labute approximate surface area is 130 Å². The van der Waals surface area contributed by atoms with Crippen LogP contribution >= 0.6 is 24.8 Å².